The molecule has 2 rings (SSSR count). The van der Waals surface area contributed by atoms with Crippen molar-refractivity contribution in [3.8, 4) is 0 Å². The lowest BCUT2D eigenvalue weighted by Gasteiger charge is -2.24. The van der Waals surface area contributed by atoms with Gasteiger partial charge in [-0.2, -0.15) is 0 Å². The van der Waals surface area contributed by atoms with Crippen LogP contribution in [0.2, 0.25) is 0 Å². The van der Waals surface area contributed by atoms with E-state index in [-0.39, 0.29) is 5.41 Å². The first-order valence-corrected chi connectivity index (χ1v) is 4.29. The second-order valence-corrected chi connectivity index (χ2v) is 3.94. The van der Waals surface area contributed by atoms with Gasteiger partial charge in [-0.25, -0.2) is 0 Å². The summed E-state index contributed by atoms with van der Waals surface area (Å²) in [6, 6.07) is 0. The lowest BCUT2D eigenvalue weighted by atomic mass is 9.79. The number of rotatable bonds is 0. The van der Waals surface area contributed by atoms with Gasteiger partial charge in [-0.05, 0) is 25.7 Å². The lowest BCUT2D eigenvalue weighted by molar-refractivity contribution is -0.130. The summed E-state index contributed by atoms with van der Waals surface area (Å²) in [4.78, 5) is 11.5. The maximum atomic E-state index is 11.5. The predicted molar refractivity (Wildman–Crippen MR) is 39.7 cm³/mol. The molecule has 0 heterocycles. The smallest absolute Gasteiger partial charge is 0.141 e. The molecule has 2 aliphatic rings. The van der Waals surface area contributed by atoms with E-state index in [0.717, 1.165) is 6.42 Å². The Balaban J connectivity index is 2.15. The topological polar surface area (TPSA) is 17.1 Å². The number of hydrogen-bond donors (Lipinski definition) is 0. The highest BCUT2D eigenvalue weighted by Gasteiger charge is 2.51. The van der Waals surface area contributed by atoms with Crippen LogP contribution in [0.1, 0.15) is 39.0 Å². The van der Waals surface area contributed by atoms with Crippen molar-refractivity contribution in [2.45, 2.75) is 39.0 Å². The van der Waals surface area contributed by atoms with Crippen molar-refractivity contribution in [3.63, 3.8) is 0 Å². The minimum Gasteiger partial charge on any atom is -0.299 e. The average Bonchev–Trinajstić information content (AvgIpc) is 2.65. The Morgan fingerprint density at radius 1 is 1.40 bits per heavy atom. The molecule has 0 radical (unpaired) electrons. The molecule has 1 spiro atoms. The fourth-order valence-corrected chi connectivity index (χ4v) is 2.17. The third-order valence-electron chi connectivity index (χ3n) is 3.12. The molecule has 0 amide bonds. The van der Waals surface area contributed by atoms with Crippen molar-refractivity contribution in [3.05, 3.63) is 0 Å². The van der Waals surface area contributed by atoms with E-state index in [4.69, 9.17) is 0 Å². The van der Waals surface area contributed by atoms with E-state index in [1.54, 1.807) is 0 Å². The molecule has 0 N–H and O–H groups in total. The molecule has 0 aromatic rings. The van der Waals surface area contributed by atoms with E-state index >= 15 is 0 Å². The Hall–Kier alpha value is -0.330. The van der Waals surface area contributed by atoms with Gasteiger partial charge in [0.15, 0.2) is 0 Å². The zero-order valence-corrected chi connectivity index (χ0v) is 6.52. The Bertz CT molecular complexity index is 168. The summed E-state index contributed by atoms with van der Waals surface area (Å²) in [5.74, 6) is 0.940. The largest absolute Gasteiger partial charge is 0.299 e. The van der Waals surface area contributed by atoms with Gasteiger partial charge in [0.2, 0.25) is 0 Å². The van der Waals surface area contributed by atoms with Crippen LogP contribution in [0.25, 0.3) is 0 Å². The summed E-state index contributed by atoms with van der Waals surface area (Å²) in [5, 5.41) is 0. The van der Waals surface area contributed by atoms with Gasteiger partial charge in [-0.1, -0.05) is 13.3 Å². The Morgan fingerprint density at radius 2 is 2.10 bits per heavy atom. The van der Waals surface area contributed by atoms with E-state index in [9.17, 15) is 4.79 Å². The summed E-state index contributed by atoms with van der Waals surface area (Å²) in [6.45, 7) is 2.08. The summed E-state index contributed by atoms with van der Waals surface area (Å²) in [6.07, 6.45) is 6.00. The molecule has 0 bridgehead atoms. The van der Waals surface area contributed by atoms with Crippen LogP contribution in [0.15, 0.2) is 0 Å². The second-order valence-electron chi connectivity index (χ2n) is 3.94. The first-order chi connectivity index (χ1) is 4.75. The van der Waals surface area contributed by atoms with Gasteiger partial charge >= 0.3 is 0 Å². The molecule has 2 saturated carbocycles. The molecule has 1 unspecified atom stereocenters. The minimum atomic E-state index is 0.220. The van der Waals surface area contributed by atoms with Crippen LogP contribution in [0.3, 0.4) is 0 Å². The zero-order valence-electron chi connectivity index (χ0n) is 6.52. The van der Waals surface area contributed by atoms with Crippen molar-refractivity contribution < 1.29 is 4.79 Å². The van der Waals surface area contributed by atoms with Crippen LogP contribution in [0, 0.1) is 11.3 Å². The van der Waals surface area contributed by atoms with Gasteiger partial charge < -0.3 is 0 Å². The average molecular weight is 138 g/mol. The van der Waals surface area contributed by atoms with E-state index in [1.807, 2.05) is 0 Å². The van der Waals surface area contributed by atoms with Crippen LogP contribution in [-0.4, -0.2) is 5.78 Å². The Kier molecular flexibility index (Phi) is 1.17. The molecule has 1 atom stereocenters. The van der Waals surface area contributed by atoms with Gasteiger partial charge in [0.25, 0.3) is 0 Å². The third kappa shape index (κ3) is 0.727. The van der Waals surface area contributed by atoms with Gasteiger partial charge in [0.05, 0.1) is 0 Å². The summed E-state index contributed by atoms with van der Waals surface area (Å²) in [5.41, 5.74) is 0.220. The van der Waals surface area contributed by atoms with Crippen molar-refractivity contribution >= 4 is 5.78 Å². The quantitative estimate of drug-likeness (QED) is 0.501. The molecule has 0 aromatic heterocycles. The predicted octanol–water partition coefficient (Wildman–Crippen LogP) is 2.16. The maximum Gasteiger partial charge on any atom is 0.141 e. The molecule has 2 aliphatic carbocycles. The number of hydrogen-bond acceptors (Lipinski definition) is 1. The number of carbonyl (C=O) groups excluding carboxylic acids is 1. The standard InChI is InChI=1S/C9H14O/c1-7-3-2-4-9(5-6-9)8(7)10/h7H,2-6H2,1H3. The number of ketones is 1. The molecule has 1 heteroatoms. The van der Waals surface area contributed by atoms with Crippen LogP contribution in [0.5, 0.6) is 0 Å². The van der Waals surface area contributed by atoms with E-state index < -0.39 is 0 Å². The SMILES string of the molecule is CC1CCCC2(CC2)C1=O. The van der Waals surface area contributed by atoms with E-state index in [1.165, 1.54) is 25.7 Å². The maximum absolute atomic E-state index is 11.5. The van der Waals surface area contributed by atoms with Crippen LogP contribution < -0.4 is 0 Å². The molecule has 2 fully saturated rings. The van der Waals surface area contributed by atoms with Gasteiger partial charge in [0, 0.05) is 11.3 Å². The Morgan fingerprint density at radius 3 is 2.60 bits per heavy atom. The summed E-state index contributed by atoms with van der Waals surface area (Å²) < 4.78 is 0. The van der Waals surface area contributed by atoms with E-state index in [2.05, 4.69) is 6.92 Å². The highest BCUT2D eigenvalue weighted by Crippen LogP contribution is 2.54. The molecule has 0 aromatic carbocycles. The third-order valence-corrected chi connectivity index (χ3v) is 3.12. The molecule has 1 nitrogen and oxygen atoms in total. The van der Waals surface area contributed by atoms with E-state index in [0.29, 0.717) is 11.7 Å². The van der Waals surface area contributed by atoms with Gasteiger partial charge in [-0.3, -0.25) is 4.79 Å². The number of carbonyl (C=O) groups is 1. The van der Waals surface area contributed by atoms with Crippen molar-refractivity contribution in [1.29, 1.82) is 0 Å². The van der Waals surface area contributed by atoms with Crippen LogP contribution in [-0.2, 0) is 4.79 Å². The van der Waals surface area contributed by atoms with Crippen LogP contribution in [0.4, 0.5) is 0 Å². The zero-order chi connectivity index (χ0) is 7.19. The highest BCUT2D eigenvalue weighted by atomic mass is 16.1. The first-order valence-electron chi connectivity index (χ1n) is 4.29. The summed E-state index contributed by atoms with van der Waals surface area (Å²) >= 11 is 0. The monoisotopic (exact) mass is 138 g/mol. The van der Waals surface area contributed by atoms with Gasteiger partial charge in [0.1, 0.15) is 5.78 Å². The van der Waals surface area contributed by atoms with Gasteiger partial charge in [-0.15, -0.1) is 0 Å². The molecule has 0 aliphatic heterocycles. The number of Topliss-reactive ketones (excluding diaryl/α,β-unsaturated/α-hetero) is 1. The summed E-state index contributed by atoms with van der Waals surface area (Å²) in [7, 11) is 0. The molecular weight excluding hydrogens is 124 g/mol. The minimum absolute atomic E-state index is 0.220. The molecular formula is C9H14O. The lowest BCUT2D eigenvalue weighted by Crippen LogP contribution is -2.27. The molecule has 56 valence electrons. The van der Waals surface area contributed by atoms with Crippen LogP contribution >= 0.6 is 0 Å². The fourth-order valence-electron chi connectivity index (χ4n) is 2.17. The fraction of sp³-hybridized carbons (Fsp3) is 0.889. The highest BCUT2D eigenvalue weighted by molar-refractivity contribution is 5.89. The van der Waals surface area contributed by atoms with Crippen molar-refractivity contribution in [1.82, 2.24) is 0 Å². The second kappa shape index (κ2) is 1.84. The Labute approximate surface area is 61.8 Å². The van der Waals surface area contributed by atoms with Crippen molar-refractivity contribution in [2.24, 2.45) is 11.3 Å². The normalized spacial score (nSPS) is 36.5. The van der Waals surface area contributed by atoms with Crippen molar-refractivity contribution in [2.75, 3.05) is 0 Å². The first kappa shape index (κ1) is 6.38. The molecule has 10 heavy (non-hydrogen) atoms. The molecule has 0 saturated heterocycles.